The Bertz CT molecular complexity index is 1220. The predicted octanol–water partition coefficient (Wildman–Crippen LogP) is 1.67. The van der Waals surface area contributed by atoms with Crippen LogP contribution in [0.3, 0.4) is 0 Å². The monoisotopic (exact) mass is 487 g/mol. The van der Waals surface area contributed by atoms with Crippen LogP contribution in [0.15, 0.2) is 42.0 Å². The van der Waals surface area contributed by atoms with Gasteiger partial charge in [-0.3, -0.25) is 19.7 Å². The fraction of sp³-hybridized carbons (Fsp3) is 0.136. The molecule has 5 amide bonds. The molecule has 0 atom stereocenters. The fourth-order valence-corrected chi connectivity index (χ4v) is 3.30. The van der Waals surface area contributed by atoms with Gasteiger partial charge in [-0.1, -0.05) is 11.6 Å². The van der Waals surface area contributed by atoms with Gasteiger partial charge < -0.3 is 19.9 Å². The molecular weight excluding hydrogens is 470 g/mol. The molecule has 1 aliphatic heterocycles. The van der Waals surface area contributed by atoms with E-state index in [9.17, 15) is 24.0 Å². The number of benzene rings is 2. The maximum atomic E-state index is 13.1. The van der Waals surface area contributed by atoms with Crippen molar-refractivity contribution in [1.29, 1.82) is 0 Å². The number of urea groups is 1. The van der Waals surface area contributed by atoms with Gasteiger partial charge in [0.15, 0.2) is 18.1 Å². The van der Waals surface area contributed by atoms with E-state index >= 15 is 0 Å². The zero-order valence-electron chi connectivity index (χ0n) is 17.9. The van der Waals surface area contributed by atoms with E-state index in [-0.39, 0.29) is 38.9 Å². The Morgan fingerprint density at radius 3 is 2.38 bits per heavy atom. The standard InChI is InChI=1S/C22H18ClN3O8/c1-32-16-9-11(8-15(23)18(16)34-10-17(24)27)7-14-19(28)25-22(31)26(20(14)29)13-5-3-12(4-6-13)21(30)33-2/h3-9H,10H2,1-2H3,(H2,24,27)(H,25,28,31)/b14-7+. The summed E-state index contributed by atoms with van der Waals surface area (Å²) in [4.78, 5) is 61.2. The second-order valence-corrected chi connectivity index (χ2v) is 7.19. The highest BCUT2D eigenvalue weighted by molar-refractivity contribution is 6.39. The molecule has 1 aliphatic rings. The lowest BCUT2D eigenvalue weighted by atomic mass is 10.1. The lowest BCUT2D eigenvalue weighted by Gasteiger charge is -2.26. The minimum absolute atomic E-state index is 0.0300. The average molecular weight is 488 g/mol. The van der Waals surface area contributed by atoms with Crippen LogP contribution in [0.25, 0.3) is 6.08 Å². The van der Waals surface area contributed by atoms with E-state index in [1.807, 2.05) is 0 Å². The number of anilines is 1. The Balaban J connectivity index is 1.96. The summed E-state index contributed by atoms with van der Waals surface area (Å²) in [6, 6.07) is 7.31. The van der Waals surface area contributed by atoms with E-state index in [1.54, 1.807) is 0 Å². The van der Waals surface area contributed by atoms with Gasteiger partial charge in [-0.25, -0.2) is 14.5 Å². The topological polar surface area (TPSA) is 154 Å². The second-order valence-electron chi connectivity index (χ2n) is 6.79. The average Bonchev–Trinajstić information content (AvgIpc) is 2.80. The number of nitrogens with one attached hydrogen (secondary N) is 1. The summed E-state index contributed by atoms with van der Waals surface area (Å²) in [6.45, 7) is -0.441. The zero-order chi connectivity index (χ0) is 25.0. The van der Waals surface area contributed by atoms with Crippen LogP contribution in [-0.4, -0.2) is 50.5 Å². The first-order valence-corrected chi connectivity index (χ1v) is 9.92. The highest BCUT2D eigenvalue weighted by atomic mass is 35.5. The third-order valence-electron chi connectivity index (χ3n) is 4.57. The van der Waals surface area contributed by atoms with Crippen LogP contribution >= 0.6 is 11.6 Å². The number of hydrogen-bond donors (Lipinski definition) is 2. The number of carbonyl (C=O) groups excluding carboxylic acids is 5. The van der Waals surface area contributed by atoms with E-state index in [0.29, 0.717) is 0 Å². The Kier molecular flexibility index (Phi) is 7.17. The quantitative estimate of drug-likeness (QED) is 0.339. The van der Waals surface area contributed by atoms with E-state index in [0.717, 1.165) is 4.90 Å². The molecule has 1 saturated heterocycles. The van der Waals surface area contributed by atoms with Crippen molar-refractivity contribution < 1.29 is 38.2 Å². The van der Waals surface area contributed by atoms with Crippen molar-refractivity contribution in [2.24, 2.45) is 5.73 Å². The summed E-state index contributed by atoms with van der Waals surface area (Å²) in [5.74, 6) is -2.96. The van der Waals surface area contributed by atoms with Gasteiger partial charge in [-0.05, 0) is 48.0 Å². The highest BCUT2D eigenvalue weighted by Gasteiger charge is 2.37. The maximum Gasteiger partial charge on any atom is 0.337 e. The number of hydrogen-bond acceptors (Lipinski definition) is 8. The van der Waals surface area contributed by atoms with Crippen molar-refractivity contribution in [2.75, 3.05) is 25.7 Å². The summed E-state index contributed by atoms with van der Waals surface area (Å²) in [6.07, 6.45) is 1.21. The minimum Gasteiger partial charge on any atom is -0.493 e. The number of nitrogens with two attached hydrogens (primary N) is 1. The Labute approximate surface area is 198 Å². The third-order valence-corrected chi connectivity index (χ3v) is 4.85. The minimum atomic E-state index is -0.955. The van der Waals surface area contributed by atoms with Crippen molar-refractivity contribution in [2.45, 2.75) is 0 Å². The number of primary amides is 1. The maximum absolute atomic E-state index is 13.1. The zero-order valence-corrected chi connectivity index (χ0v) is 18.7. The van der Waals surface area contributed by atoms with Gasteiger partial charge in [0.05, 0.1) is 30.5 Å². The van der Waals surface area contributed by atoms with Crippen molar-refractivity contribution in [3.05, 3.63) is 58.1 Å². The molecule has 3 N–H and O–H groups in total. The lowest BCUT2D eigenvalue weighted by molar-refractivity contribution is -0.123. The SMILES string of the molecule is COC(=O)c1ccc(N2C(=O)NC(=O)/C(=C\c3cc(Cl)c(OCC(N)=O)c(OC)c3)C2=O)cc1. The number of esters is 1. The number of amides is 5. The number of ether oxygens (including phenoxy) is 3. The first-order chi connectivity index (χ1) is 16.2. The van der Waals surface area contributed by atoms with E-state index in [4.69, 9.17) is 26.8 Å². The number of carbonyl (C=O) groups is 5. The first-order valence-electron chi connectivity index (χ1n) is 9.54. The molecule has 12 heteroatoms. The highest BCUT2D eigenvalue weighted by Crippen LogP contribution is 2.37. The largest absolute Gasteiger partial charge is 0.493 e. The summed E-state index contributed by atoms with van der Waals surface area (Å²) < 4.78 is 15.1. The first kappa shape index (κ1) is 24.3. The molecule has 3 rings (SSSR count). The number of barbiturate groups is 1. The molecule has 2 aromatic carbocycles. The molecule has 11 nitrogen and oxygen atoms in total. The van der Waals surface area contributed by atoms with Gasteiger partial charge in [0, 0.05) is 0 Å². The summed E-state index contributed by atoms with van der Waals surface area (Å²) in [5.41, 5.74) is 5.33. The molecule has 2 aromatic rings. The van der Waals surface area contributed by atoms with E-state index in [1.165, 1.54) is 56.7 Å². The van der Waals surface area contributed by atoms with Crippen molar-refractivity contribution >= 4 is 53.1 Å². The van der Waals surface area contributed by atoms with Crippen molar-refractivity contribution in [3.63, 3.8) is 0 Å². The molecular formula is C22H18ClN3O8. The summed E-state index contributed by atoms with van der Waals surface area (Å²) in [7, 11) is 2.55. The molecule has 0 bridgehead atoms. The molecule has 0 unspecified atom stereocenters. The molecule has 0 aromatic heterocycles. The number of imide groups is 2. The van der Waals surface area contributed by atoms with Gasteiger partial charge in [0.25, 0.3) is 17.7 Å². The van der Waals surface area contributed by atoms with Crippen molar-refractivity contribution in [1.82, 2.24) is 5.32 Å². The predicted molar refractivity (Wildman–Crippen MR) is 119 cm³/mol. The molecule has 1 heterocycles. The van der Waals surface area contributed by atoms with Gasteiger partial charge >= 0.3 is 12.0 Å². The fourth-order valence-electron chi connectivity index (χ4n) is 3.03. The summed E-state index contributed by atoms with van der Waals surface area (Å²) >= 11 is 6.21. The van der Waals surface area contributed by atoms with Gasteiger partial charge in [0.2, 0.25) is 0 Å². The molecule has 1 fully saturated rings. The second kappa shape index (κ2) is 10.0. The molecule has 0 radical (unpaired) electrons. The normalized spacial score (nSPS) is 14.6. The number of rotatable bonds is 7. The van der Waals surface area contributed by atoms with Crippen LogP contribution in [0.1, 0.15) is 15.9 Å². The van der Waals surface area contributed by atoms with Crippen LogP contribution in [-0.2, 0) is 19.1 Å². The molecule has 0 spiro atoms. The van der Waals surface area contributed by atoms with Gasteiger partial charge in [-0.15, -0.1) is 0 Å². The number of nitrogens with zero attached hydrogens (tertiary/aromatic N) is 1. The van der Waals surface area contributed by atoms with Crippen LogP contribution < -0.4 is 25.4 Å². The smallest absolute Gasteiger partial charge is 0.337 e. The van der Waals surface area contributed by atoms with Crippen LogP contribution in [0.2, 0.25) is 5.02 Å². The Hall–Kier alpha value is -4.38. The number of halogens is 1. The van der Waals surface area contributed by atoms with E-state index in [2.05, 4.69) is 10.1 Å². The molecule has 34 heavy (non-hydrogen) atoms. The van der Waals surface area contributed by atoms with Crippen LogP contribution in [0, 0.1) is 0 Å². The van der Waals surface area contributed by atoms with Gasteiger partial charge in [0.1, 0.15) is 5.57 Å². The molecule has 0 aliphatic carbocycles. The third kappa shape index (κ3) is 4.99. The molecule has 0 saturated carbocycles. The Morgan fingerprint density at radius 1 is 1.12 bits per heavy atom. The summed E-state index contributed by atoms with van der Waals surface area (Å²) in [5, 5.41) is 2.12. The van der Waals surface area contributed by atoms with Crippen LogP contribution in [0.5, 0.6) is 11.5 Å². The Morgan fingerprint density at radius 2 is 1.79 bits per heavy atom. The van der Waals surface area contributed by atoms with E-state index < -0.39 is 36.3 Å². The molecule has 176 valence electrons. The van der Waals surface area contributed by atoms with Gasteiger partial charge in [-0.2, -0.15) is 0 Å². The number of methoxy groups -OCH3 is 2. The van der Waals surface area contributed by atoms with Crippen LogP contribution in [0.4, 0.5) is 10.5 Å². The van der Waals surface area contributed by atoms with Crippen molar-refractivity contribution in [3.8, 4) is 11.5 Å². The lowest BCUT2D eigenvalue weighted by Crippen LogP contribution is -2.54.